The topological polar surface area (TPSA) is 43.4 Å². The molecule has 1 fully saturated rings. The first kappa shape index (κ1) is 13.0. The minimum absolute atomic E-state index is 0.0428. The number of hydrogen-bond acceptors (Lipinski definition) is 5. The van der Waals surface area contributed by atoms with Crippen LogP contribution in [0.25, 0.3) is 0 Å². The number of rotatable bonds is 6. The van der Waals surface area contributed by atoms with Gasteiger partial charge in [0.05, 0.1) is 23.9 Å². The van der Waals surface area contributed by atoms with Gasteiger partial charge in [-0.25, -0.2) is 4.98 Å². The Morgan fingerprint density at radius 3 is 2.88 bits per heavy atom. The van der Waals surface area contributed by atoms with Crippen LogP contribution in [0.2, 0.25) is 0 Å². The van der Waals surface area contributed by atoms with E-state index >= 15 is 0 Å². The Bertz CT molecular complexity index is 337. The van der Waals surface area contributed by atoms with E-state index in [2.05, 4.69) is 22.6 Å². The molecule has 0 amide bonds. The molecule has 0 spiro atoms. The van der Waals surface area contributed by atoms with Gasteiger partial charge < -0.3 is 14.8 Å². The summed E-state index contributed by atoms with van der Waals surface area (Å²) in [6, 6.07) is 0.379. The lowest BCUT2D eigenvalue weighted by atomic mass is 10.1. The highest BCUT2D eigenvalue weighted by molar-refractivity contribution is 7.09. The van der Waals surface area contributed by atoms with E-state index in [1.54, 1.807) is 11.3 Å². The maximum absolute atomic E-state index is 5.49. The SMILES string of the molecule is CCNC(Cc1csc(C)n1)CC1OCCO1. The standard InChI is InChI=1S/C12H20N2O2S/c1-3-13-10(7-12-15-4-5-16-12)6-11-8-17-9(2)14-11/h8,10,12-13H,3-7H2,1-2H3. The van der Waals surface area contributed by atoms with E-state index in [-0.39, 0.29) is 6.29 Å². The van der Waals surface area contributed by atoms with Crippen LogP contribution in [0.4, 0.5) is 0 Å². The molecule has 1 aliphatic heterocycles. The predicted octanol–water partition coefficient (Wildman–Crippen LogP) is 1.74. The number of nitrogens with zero attached hydrogens (tertiary/aromatic N) is 1. The summed E-state index contributed by atoms with van der Waals surface area (Å²) in [5, 5.41) is 6.74. The molecule has 0 aromatic carbocycles. The van der Waals surface area contributed by atoms with Crippen molar-refractivity contribution in [3.8, 4) is 0 Å². The van der Waals surface area contributed by atoms with Gasteiger partial charge in [-0.05, 0) is 13.5 Å². The molecule has 1 aliphatic rings. The summed E-state index contributed by atoms with van der Waals surface area (Å²) >= 11 is 1.71. The fourth-order valence-corrected chi connectivity index (χ4v) is 2.68. The van der Waals surface area contributed by atoms with Crippen molar-refractivity contribution >= 4 is 11.3 Å². The zero-order valence-electron chi connectivity index (χ0n) is 10.4. The van der Waals surface area contributed by atoms with E-state index in [0.717, 1.165) is 43.3 Å². The van der Waals surface area contributed by atoms with Crippen molar-refractivity contribution in [3.05, 3.63) is 16.1 Å². The molecule has 1 N–H and O–H groups in total. The third-order valence-corrected chi connectivity index (χ3v) is 3.61. The van der Waals surface area contributed by atoms with E-state index in [4.69, 9.17) is 9.47 Å². The van der Waals surface area contributed by atoms with Crippen molar-refractivity contribution in [1.29, 1.82) is 0 Å². The molecule has 1 aromatic heterocycles. The number of thiazole rings is 1. The second-order valence-corrected chi connectivity index (χ2v) is 5.29. The zero-order chi connectivity index (χ0) is 12.1. The summed E-state index contributed by atoms with van der Waals surface area (Å²) in [7, 11) is 0. The van der Waals surface area contributed by atoms with Gasteiger partial charge in [-0.2, -0.15) is 0 Å². The molecular weight excluding hydrogens is 236 g/mol. The molecule has 0 bridgehead atoms. The minimum Gasteiger partial charge on any atom is -0.350 e. The highest BCUT2D eigenvalue weighted by Gasteiger charge is 2.21. The second-order valence-electron chi connectivity index (χ2n) is 4.22. The first-order valence-corrected chi connectivity index (χ1v) is 7.03. The molecular formula is C12H20N2O2S. The molecule has 1 atom stereocenters. The smallest absolute Gasteiger partial charge is 0.159 e. The van der Waals surface area contributed by atoms with Gasteiger partial charge in [0, 0.05) is 24.3 Å². The largest absolute Gasteiger partial charge is 0.350 e. The second kappa shape index (κ2) is 6.44. The lowest BCUT2D eigenvalue weighted by Gasteiger charge is -2.19. The molecule has 4 nitrogen and oxygen atoms in total. The van der Waals surface area contributed by atoms with Crippen LogP contribution in [0.5, 0.6) is 0 Å². The minimum atomic E-state index is -0.0428. The average molecular weight is 256 g/mol. The fourth-order valence-electron chi connectivity index (χ4n) is 2.06. The summed E-state index contributed by atoms with van der Waals surface area (Å²) in [6.45, 7) is 6.56. The van der Waals surface area contributed by atoms with Crippen LogP contribution >= 0.6 is 11.3 Å². The van der Waals surface area contributed by atoms with Crippen LogP contribution in [0.3, 0.4) is 0 Å². The third kappa shape index (κ3) is 4.03. The normalized spacial score (nSPS) is 18.7. The third-order valence-electron chi connectivity index (χ3n) is 2.78. The van der Waals surface area contributed by atoms with Gasteiger partial charge in [-0.1, -0.05) is 6.92 Å². The molecule has 96 valence electrons. The summed E-state index contributed by atoms with van der Waals surface area (Å²) < 4.78 is 11.0. The van der Waals surface area contributed by atoms with Gasteiger partial charge in [0.25, 0.3) is 0 Å². The van der Waals surface area contributed by atoms with E-state index < -0.39 is 0 Å². The lowest BCUT2D eigenvalue weighted by Crippen LogP contribution is -2.34. The van der Waals surface area contributed by atoms with Crippen LogP contribution in [0.1, 0.15) is 24.0 Å². The van der Waals surface area contributed by atoms with Crippen molar-refractivity contribution in [2.24, 2.45) is 0 Å². The molecule has 5 heteroatoms. The zero-order valence-corrected chi connectivity index (χ0v) is 11.3. The lowest BCUT2D eigenvalue weighted by molar-refractivity contribution is -0.0526. The summed E-state index contributed by atoms with van der Waals surface area (Å²) in [5.41, 5.74) is 1.16. The molecule has 2 rings (SSSR count). The van der Waals surface area contributed by atoms with E-state index in [1.807, 2.05) is 6.92 Å². The highest BCUT2D eigenvalue weighted by Crippen LogP contribution is 2.15. The Morgan fingerprint density at radius 2 is 2.29 bits per heavy atom. The molecule has 1 aromatic rings. The van der Waals surface area contributed by atoms with Crippen LogP contribution in [0, 0.1) is 6.92 Å². The highest BCUT2D eigenvalue weighted by atomic mass is 32.1. The summed E-state index contributed by atoms with van der Waals surface area (Å²) in [5.74, 6) is 0. The number of hydrogen-bond donors (Lipinski definition) is 1. The van der Waals surface area contributed by atoms with Gasteiger partial charge in [-0.15, -0.1) is 11.3 Å². The van der Waals surface area contributed by atoms with Crippen LogP contribution < -0.4 is 5.32 Å². The Morgan fingerprint density at radius 1 is 1.53 bits per heavy atom. The molecule has 17 heavy (non-hydrogen) atoms. The monoisotopic (exact) mass is 256 g/mol. The number of nitrogens with one attached hydrogen (secondary N) is 1. The van der Waals surface area contributed by atoms with Crippen molar-refractivity contribution in [3.63, 3.8) is 0 Å². The van der Waals surface area contributed by atoms with Crippen molar-refractivity contribution in [1.82, 2.24) is 10.3 Å². The molecule has 2 heterocycles. The first-order chi connectivity index (χ1) is 8.28. The van der Waals surface area contributed by atoms with Crippen molar-refractivity contribution in [2.75, 3.05) is 19.8 Å². The first-order valence-electron chi connectivity index (χ1n) is 6.15. The van der Waals surface area contributed by atoms with Gasteiger partial charge >= 0.3 is 0 Å². The average Bonchev–Trinajstić information content (AvgIpc) is 2.91. The summed E-state index contributed by atoms with van der Waals surface area (Å²) in [4.78, 5) is 4.50. The Balaban J connectivity index is 1.87. The van der Waals surface area contributed by atoms with Gasteiger partial charge in [-0.3, -0.25) is 0 Å². The van der Waals surface area contributed by atoms with Gasteiger partial charge in [0.2, 0.25) is 0 Å². The van der Waals surface area contributed by atoms with Crippen molar-refractivity contribution < 1.29 is 9.47 Å². The van der Waals surface area contributed by atoms with Crippen LogP contribution in [-0.4, -0.2) is 37.1 Å². The molecule has 0 saturated carbocycles. The fraction of sp³-hybridized carbons (Fsp3) is 0.750. The Hall–Kier alpha value is -0.490. The predicted molar refractivity (Wildman–Crippen MR) is 68.3 cm³/mol. The van der Waals surface area contributed by atoms with E-state index in [0.29, 0.717) is 6.04 Å². The van der Waals surface area contributed by atoms with Crippen LogP contribution in [-0.2, 0) is 15.9 Å². The quantitative estimate of drug-likeness (QED) is 0.842. The van der Waals surface area contributed by atoms with Crippen LogP contribution in [0.15, 0.2) is 5.38 Å². The Labute approximate surface area is 106 Å². The number of ether oxygens (including phenoxy) is 2. The maximum atomic E-state index is 5.49. The van der Waals surface area contributed by atoms with Gasteiger partial charge in [0.15, 0.2) is 6.29 Å². The van der Waals surface area contributed by atoms with E-state index in [9.17, 15) is 0 Å². The molecule has 0 aliphatic carbocycles. The summed E-state index contributed by atoms with van der Waals surface area (Å²) in [6.07, 6.45) is 1.80. The number of aromatic nitrogens is 1. The van der Waals surface area contributed by atoms with E-state index in [1.165, 1.54) is 0 Å². The van der Waals surface area contributed by atoms with Gasteiger partial charge in [0.1, 0.15) is 0 Å². The van der Waals surface area contributed by atoms with Crippen molar-refractivity contribution in [2.45, 2.75) is 39.0 Å². The maximum Gasteiger partial charge on any atom is 0.159 e. The molecule has 0 radical (unpaired) electrons. The Kier molecular flexibility index (Phi) is 4.91. The number of aryl methyl sites for hydroxylation is 1. The number of likely N-dealkylation sites (N-methyl/N-ethyl adjacent to an activating group) is 1. The molecule has 1 saturated heterocycles. The molecule has 1 unspecified atom stereocenters.